The molecule has 4 atom stereocenters. The van der Waals surface area contributed by atoms with Gasteiger partial charge in [-0.15, -0.1) is 0 Å². The van der Waals surface area contributed by atoms with Crippen molar-refractivity contribution in [3.05, 3.63) is 0 Å². The molecule has 1 heteroatoms. The van der Waals surface area contributed by atoms with Crippen LogP contribution in [-0.2, 0) is 0 Å². The van der Waals surface area contributed by atoms with Gasteiger partial charge in [-0.25, -0.2) is 10.0 Å². The highest BCUT2D eigenvalue weighted by atomic mass is 32.3. The van der Waals surface area contributed by atoms with E-state index in [4.69, 9.17) is 0 Å². The molecule has 2 aliphatic rings. The zero-order valence-electron chi connectivity index (χ0n) is 8.89. The summed E-state index contributed by atoms with van der Waals surface area (Å²) < 4.78 is 0. The lowest BCUT2D eigenvalue weighted by Gasteiger charge is -2.55. The molecule has 0 aromatic heterocycles. The van der Waals surface area contributed by atoms with Gasteiger partial charge in [-0.05, 0) is 40.3 Å². The first-order chi connectivity index (χ1) is 5.59. The van der Waals surface area contributed by atoms with E-state index >= 15 is 0 Å². The van der Waals surface area contributed by atoms with Crippen molar-refractivity contribution < 1.29 is 0 Å². The molecular formula is C11H22S. The van der Waals surface area contributed by atoms with E-state index in [-0.39, 0.29) is 10.0 Å². The standard InChI is InChI=1S/C11H22S/c1-5-9(3)12(6-2)8-11(4)7-10(11)12/h9-10H,5-8H2,1-4H3. The van der Waals surface area contributed by atoms with Gasteiger partial charge in [0.25, 0.3) is 0 Å². The third-order valence-electron chi connectivity index (χ3n) is 4.35. The molecule has 0 amide bonds. The van der Waals surface area contributed by atoms with Crippen LogP contribution in [0.3, 0.4) is 0 Å². The van der Waals surface area contributed by atoms with Crippen molar-refractivity contribution >= 4 is 10.0 Å². The lowest BCUT2D eigenvalue weighted by Crippen LogP contribution is -2.38. The molecule has 12 heavy (non-hydrogen) atoms. The summed E-state index contributed by atoms with van der Waals surface area (Å²) >= 11 is 0. The number of hydrogen-bond donors (Lipinski definition) is 0. The maximum atomic E-state index is 2.50. The summed E-state index contributed by atoms with van der Waals surface area (Å²) in [6.45, 7) is 9.80. The lowest BCUT2D eigenvalue weighted by molar-refractivity contribution is 0.620. The van der Waals surface area contributed by atoms with Crippen LogP contribution in [0.2, 0.25) is 0 Å². The van der Waals surface area contributed by atoms with Crippen LogP contribution in [0.5, 0.6) is 0 Å². The third-order valence-corrected chi connectivity index (χ3v) is 10.4. The molecule has 1 aliphatic carbocycles. The summed E-state index contributed by atoms with van der Waals surface area (Å²) in [5.74, 6) is 3.11. The molecule has 1 saturated carbocycles. The molecule has 72 valence electrons. The smallest absolute Gasteiger partial charge is 0.00417 e. The number of rotatable bonds is 3. The van der Waals surface area contributed by atoms with Crippen LogP contribution in [0, 0.1) is 5.41 Å². The largest absolute Gasteiger partial charge is 0.235 e. The topological polar surface area (TPSA) is 0 Å². The highest BCUT2D eigenvalue weighted by Crippen LogP contribution is 2.84. The van der Waals surface area contributed by atoms with Gasteiger partial charge in [0.1, 0.15) is 0 Å². The molecule has 0 aromatic carbocycles. The van der Waals surface area contributed by atoms with Gasteiger partial charge in [0, 0.05) is 0 Å². The predicted octanol–water partition coefficient (Wildman–Crippen LogP) is 3.40. The van der Waals surface area contributed by atoms with Gasteiger partial charge >= 0.3 is 0 Å². The Morgan fingerprint density at radius 1 is 1.50 bits per heavy atom. The van der Waals surface area contributed by atoms with Crippen molar-refractivity contribution in [2.24, 2.45) is 5.41 Å². The van der Waals surface area contributed by atoms with Gasteiger partial charge in [0.05, 0.1) is 0 Å². The first-order valence-corrected chi connectivity index (χ1v) is 7.45. The fourth-order valence-electron chi connectivity index (χ4n) is 3.21. The van der Waals surface area contributed by atoms with E-state index < -0.39 is 0 Å². The summed E-state index contributed by atoms with van der Waals surface area (Å²) in [7, 11) is -0.126. The lowest BCUT2D eigenvalue weighted by atomic mass is 10.2. The van der Waals surface area contributed by atoms with E-state index in [0.29, 0.717) is 0 Å². The van der Waals surface area contributed by atoms with Crippen molar-refractivity contribution in [3.63, 3.8) is 0 Å². The fraction of sp³-hybridized carbons (Fsp3) is 1.00. The first-order valence-electron chi connectivity index (χ1n) is 5.35. The van der Waals surface area contributed by atoms with Crippen LogP contribution in [0.4, 0.5) is 0 Å². The maximum absolute atomic E-state index is 2.50. The summed E-state index contributed by atoms with van der Waals surface area (Å²) in [5, 5.41) is 2.23. The molecule has 1 aliphatic heterocycles. The van der Waals surface area contributed by atoms with E-state index in [2.05, 4.69) is 27.7 Å². The highest BCUT2D eigenvalue weighted by molar-refractivity contribution is 8.36. The predicted molar refractivity (Wildman–Crippen MR) is 59.3 cm³/mol. The van der Waals surface area contributed by atoms with Crippen LogP contribution < -0.4 is 0 Å². The van der Waals surface area contributed by atoms with Crippen molar-refractivity contribution in [2.45, 2.75) is 51.0 Å². The van der Waals surface area contributed by atoms with E-state index in [1.807, 2.05) is 0 Å². The van der Waals surface area contributed by atoms with Gasteiger partial charge in [0.2, 0.25) is 0 Å². The van der Waals surface area contributed by atoms with Crippen LogP contribution in [-0.4, -0.2) is 22.0 Å². The SMILES string of the molecule is CCC(C)S1(CC)CC2(C)CC21. The molecule has 0 nitrogen and oxygen atoms in total. The van der Waals surface area contributed by atoms with Gasteiger partial charge in [-0.2, -0.15) is 0 Å². The van der Waals surface area contributed by atoms with Crippen molar-refractivity contribution in [2.75, 3.05) is 11.5 Å². The number of hydrogen-bond acceptors (Lipinski definition) is 0. The zero-order valence-corrected chi connectivity index (χ0v) is 9.71. The third kappa shape index (κ3) is 0.865. The first kappa shape index (κ1) is 8.93. The Hall–Kier alpha value is 0.350. The second-order valence-electron chi connectivity index (χ2n) is 5.01. The minimum absolute atomic E-state index is 0.126. The summed E-state index contributed by atoms with van der Waals surface area (Å²) in [6.07, 6.45) is 2.98. The average Bonchev–Trinajstić information content (AvgIpc) is 2.61. The normalized spacial score (nSPS) is 57.8. The van der Waals surface area contributed by atoms with Gasteiger partial charge in [-0.1, -0.05) is 27.7 Å². The van der Waals surface area contributed by atoms with E-state index in [1.165, 1.54) is 17.4 Å². The van der Waals surface area contributed by atoms with Crippen LogP contribution in [0.15, 0.2) is 0 Å². The summed E-state index contributed by atoms with van der Waals surface area (Å²) in [5.41, 5.74) is 0.842. The van der Waals surface area contributed by atoms with Crippen molar-refractivity contribution in [1.82, 2.24) is 0 Å². The second-order valence-corrected chi connectivity index (χ2v) is 9.26. The summed E-state index contributed by atoms with van der Waals surface area (Å²) in [6, 6.07) is 0. The molecule has 0 N–H and O–H groups in total. The minimum atomic E-state index is -0.126. The van der Waals surface area contributed by atoms with E-state index in [9.17, 15) is 0 Å². The van der Waals surface area contributed by atoms with Crippen LogP contribution >= 0.6 is 10.0 Å². The second kappa shape index (κ2) is 2.43. The Balaban J connectivity index is 2.09. The Bertz CT molecular complexity index is 197. The Kier molecular flexibility index (Phi) is 1.81. The molecule has 2 rings (SSSR count). The van der Waals surface area contributed by atoms with E-state index in [0.717, 1.165) is 10.7 Å². The minimum Gasteiger partial charge on any atom is -0.235 e. The Morgan fingerprint density at radius 2 is 2.17 bits per heavy atom. The molecule has 1 saturated heterocycles. The van der Waals surface area contributed by atoms with Gasteiger partial charge in [-0.3, -0.25) is 0 Å². The zero-order chi connectivity index (χ0) is 8.98. The van der Waals surface area contributed by atoms with Crippen molar-refractivity contribution in [3.8, 4) is 0 Å². The monoisotopic (exact) mass is 186 g/mol. The number of fused-ring (bicyclic) bond motifs is 1. The highest BCUT2D eigenvalue weighted by Gasteiger charge is 2.69. The van der Waals surface area contributed by atoms with E-state index in [1.54, 1.807) is 12.2 Å². The van der Waals surface area contributed by atoms with Gasteiger partial charge in [0.15, 0.2) is 0 Å². The molecule has 0 radical (unpaired) electrons. The van der Waals surface area contributed by atoms with Gasteiger partial charge < -0.3 is 0 Å². The molecule has 0 spiro atoms. The quantitative estimate of drug-likeness (QED) is 0.634. The summed E-state index contributed by atoms with van der Waals surface area (Å²) in [4.78, 5) is 0. The van der Waals surface area contributed by atoms with Crippen LogP contribution in [0.1, 0.15) is 40.5 Å². The molecule has 2 fully saturated rings. The molecular weight excluding hydrogens is 164 g/mol. The average molecular weight is 186 g/mol. The molecule has 1 heterocycles. The Labute approximate surface area is 78.4 Å². The maximum Gasteiger partial charge on any atom is -0.00417 e. The molecule has 0 aromatic rings. The fourth-order valence-corrected chi connectivity index (χ4v) is 9.27. The molecule has 0 bridgehead atoms. The van der Waals surface area contributed by atoms with Crippen LogP contribution in [0.25, 0.3) is 0 Å². The molecule has 4 unspecified atom stereocenters. The Morgan fingerprint density at radius 3 is 2.42 bits per heavy atom. The van der Waals surface area contributed by atoms with Crippen molar-refractivity contribution in [1.29, 1.82) is 0 Å².